The number of anilines is 2. The number of rotatable bonds is 5. The van der Waals surface area contributed by atoms with E-state index in [-0.39, 0.29) is 22.6 Å². The number of hydrogen-bond donors (Lipinski definition) is 1. The highest BCUT2D eigenvalue weighted by Gasteiger charge is 2.37. The Morgan fingerprint density at radius 3 is 2.09 bits per heavy atom. The molecule has 166 valence electrons. The number of aryl methyl sites for hydroxylation is 1. The number of fused-ring (bicyclic) bond motifs is 1. The molecule has 0 saturated carbocycles. The van der Waals surface area contributed by atoms with Gasteiger partial charge in [-0.05, 0) is 73.7 Å². The van der Waals surface area contributed by atoms with Gasteiger partial charge in [-0.1, -0.05) is 35.9 Å². The molecule has 0 unspecified atom stereocenters. The second kappa shape index (κ2) is 8.67. The summed E-state index contributed by atoms with van der Waals surface area (Å²) in [5, 5.41) is 2.81. The van der Waals surface area contributed by atoms with Crippen LogP contribution in [0.15, 0.2) is 97.1 Å². The molecule has 5 rings (SSSR count). The van der Waals surface area contributed by atoms with Gasteiger partial charge in [0, 0.05) is 11.3 Å². The van der Waals surface area contributed by atoms with Gasteiger partial charge in [-0.3, -0.25) is 14.4 Å². The van der Waals surface area contributed by atoms with Crippen LogP contribution in [0.4, 0.5) is 11.4 Å². The van der Waals surface area contributed by atoms with Crippen molar-refractivity contribution in [2.24, 2.45) is 0 Å². The fourth-order valence-electron chi connectivity index (χ4n) is 3.74. The first-order valence-electron chi connectivity index (χ1n) is 10.7. The van der Waals surface area contributed by atoms with Crippen LogP contribution in [0.25, 0.3) is 0 Å². The van der Waals surface area contributed by atoms with Crippen molar-refractivity contribution in [1.29, 1.82) is 0 Å². The summed E-state index contributed by atoms with van der Waals surface area (Å²) in [5.74, 6) is 0.137. The van der Waals surface area contributed by atoms with E-state index < -0.39 is 11.8 Å². The van der Waals surface area contributed by atoms with Gasteiger partial charge in [0.2, 0.25) is 0 Å². The van der Waals surface area contributed by atoms with Crippen molar-refractivity contribution >= 4 is 29.1 Å². The molecule has 0 radical (unpaired) electrons. The third-order valence-corrected chi connectivity index (χ3v) is 5.53. The Morgan fingerprint density at radius 1 is 0.735 bits per heavy atom. The summed E-state index contributed by atoms with van der Waals surface area (Å²) in [6.07, 6.45) is 0. The number of nitrogens with one attached hydrogen (secondary N) is 1. The van der Waals surface area contributed by atoms with Crippen molar-refractivity contribution in [3.63, 3.8) is 0 Å². The van der Waals surface area contributed by atoms with Crippen molar-refractivity contribution in [3.8, 4) is 11.5 Å². The molecule has 4 aromatic rings. The highest BCUT2D eigenvalue weighted by Crippen LogP contribution is 2.30. The van der Waals surface area contributed by atoms with Crippen LogP contribution in [-0.2, 0) is 0 Å². The number of carbonyl (C=O) groups excluding carboxylic acids is 3. The van der Waals surface area contributed by atoms with Crippen LogP contribution in [0.1, 0.15) is 36.6 Å². The molecule has 0 spiro atoms. The van der Waals surface area contributed by atoms with E-state index >= 15 is 0 Å². The summed E-state index contributed by atoms with van der Waals surface area (Å²) < 4.78 is 5.76. The molecular formula is C28H20N2O4. The van der Waals surface area contributed by atoms with E-state index in [2.05, 4.69) is 5.32 Å². The fraction of sp³-hybridized carbons (Fsp3) is 0.0357. The average Bonchev–Trinajstić information content (AvgIpc) is 3.11. The minimum absolute atomic E-state index is 0.213. The molecule has 0 bridgehead atoms. The molecule has 0 aliphatic carbocycles. The predicted octanol–water partition coefficient (Wildman–Crippen LogP) is 5.84. The standard InChI is InChI=1S/C28H20N2O4/c1-18-7-12-21(13-8-18)30-27(32)24-16-9-19(17-25(24)28(30)33)26(31)29-20-10-14-23(15-11-20)34-22-5-3-2-4-6-22/h2-17H,1H3,(H,29,31). The molecule has 1 N–H and O–H groups in total. The molecule has 0 fully saturated rings. The van der Waals surface area contributed by atoms with Gasteiger partial charge < -0.3 is 10.1 Å². The molecule has 1 aliphatic heterocycles. The van der Waals surface area contributed by atoms with E-state index in [4.69, 9.17) is 4.74 Å². The maximum Gasteiger partial charge on any atom is 0.266 e. The monoisotopic (exact) mass is 448 g/mol. The zero-order valence-electron chi connectivity index (χ0n) is 18.3. The Balaban J connectivity index is 1.31. The van der Waals surface area contributed by atoms with Crippen molar-refractivity contribution in [1.82, 2.24) is 0 Å². The largest absolute Gasteiger partial charge is 0.457 e. The van der Waals surface area contributed by atoms with E-state index in [1.54, 1.807) is 42.5 Å². The lowest BCUT2D eigenvalue weighted by Crippen LogP contribution is -2.29. The number of nitrogens with zero attached hydrogens (tertiary/aromatic N) is 1. The zero-order valence-corrected chi connectivity index (χ0v) is 18.3. The SMILES string of the molecule is Cc1ccc(N2C(=O)c3ccc(C(=O)Nc4ccc(Oc5ccccc5)cc4)cc3C2=O)cc1. The third-order valence-electron chi connectivity index (χ3n) is 5.53. The molecule has 0 aromatic heterocycles. The van der Waals surface area contributed by atoms with Crippen LogP contribution in [-0.4, -0.2) is 17.7 Å². The number of hydrogen-bond acceptors (Lipinski definition) is 4. The summed E-state index contributed by atoms with van der Waals surface area (Å²) in [6.45, 7) is 1.93. The lowest BCUT2D eigenvalue weighted by Gasteiger charge is -2.13. The predicted molar refractivity (Wildman–Crippen MR) is 130 cm³/mol. The smallest absolute Gasteiger partial charge is 0.266 e. The topological polar surface area (TPSA) is 75.7 Å². The van der Waals surface area contributed by atoms with Crippen LogP contribution in [0.5, 0.6) is 11.5 Å². The number of carbonyl (C=O) groups is 3. The van der Waals surface area contributed by atoms with Gasteiger partial charge in [0.25, 0.3) is 17.7 Å². The average molecular weight is 448 g/mol. The van der Waals surface area contributed by atoms with Crippen LogP contribution in [0.2, 0.25) is 0 Å². The number of benzene rings is 4. The summed E-state index contributed by atoms with van der Waals surface area (Å²) in [7, 11) is 0. The number of ether oxygens (including phenoxy) is 1. The molecule has 6 heteroatoms. The Kier molecular flexibility index (Phi) is 5.40. The maximum absolute atomic E-state index is 13.0. The number of imide groups is 1. The van der Waals surface area contributed by atoms with Crippen LogP contribution in [0.3, 0.4) is 0 Å². The number of amides is 3. The lowest BCUT2D eigenvalue weighted by atomic mass is 10.1. The summed E-state index contributed by atoms with van der Waals surface area (Å²) in [5.41, 5.74) is 2.89. The van der Waals surface area contributed by atoms with Gasteiger partial charge in [-0.25, -0.2) is 4.90 Å². The quantitative estimate of drug-likeness (QED) is 0.389. The van der Waals surface area contributed by atoms with Gasteiger partial charge in [0.05, 0.1) is 16.8 Å². The van der Waals surface area contributed by atoms with Crippen molar-refractivity contribution in [2.45, 2.75) is 6.92 Å². The second-order valence-electron chi connectivity index (χ2n) is 7.94. The fourth-order valence-corrected chi connectivity index (χ4v) is 3.74. The van der Waals surface area contributed by atoms with Gasteiger partial charge in [0.15, 0.2) is 0 Å². The molecule has 0 atom stereocenters. The summed E-state index contributed by atoms with van der Waals surface area (Å²) in [6, 6.07) is 28.1. The highest BCUT2D eigenvalue weighted by molar-refractivity contribution is 6.34. The van der Waals surface area contributed by atoms with Gasteiger partial charge >= 0.3 is 0 Å². The molecule has 34 heavy (non-hydrogen) atoms. The minimum atomic E-state index is -0.444. The molecule has 0 saturated heterocycles. The first kappa shape index (κ1) is 21.2. The van der Waals surface area contributed by atoms with E-state index in [9.17, 15) is 14.4 Å². The van der Waals surface area contributed by atoms with E-state index in [1.807, 2.05) is 49.4 Å². The molecular weight excluding hydrogens is 428 g/mol. The van der Waals surface area contributed by atoms with E-state index in [0.717, 1.165) is 16.2 Å². The Morgan fingerprint density at radius 2 is 1.38 bits per heavy atom. The van der Waals surface area contributed by atoms with Crippen molar-refractivity contribution in [3.05, 3.63) is 119 Å². The normalized spacial score (nSPS) is 12.4. The van der Waals surface area contributed by atoms with Crippen molar-refractivity contribution < 1.29 is 19.1 Å². The summed E-state index contributed by atoms with van der Waals surface area (Å²) in [4.78, 5) is 39.7. The zero-order chi connectivity index (χ0) is 23.7. The van der Waals surface area contributed by atoms with Gasteiger partial charge in [-0.2, -0.15) is 0 Å². The van der Waals surface area contributed by atoms with Crippen LogP contribution in [0, 0.1) is 6.92 Å². The molecule has 1 aliphatic rings. The molecule has 4 aromatic carbocycles. The third kappa shape index (κ3) is 4.04. The number of para-hydroxylation sites is 1. The van der Waals surface area contributed by atoms with Gasteiger partial charge in [0.1, 0.15) is 11.5 Å². The minimum Gasteiger partial charge on any atom is -0.457 e. The first-order chi connectivity index (χ1) is 16.5. The molecule has 3 amide bonds. The van der Waals surface area contributed by atoms with E-state index in [1.165, 1.54) is 12.1 Å². The second-order valence-corrected chi connectivity index (χ2v) is 7.94. The van der Waals surface area contributed by atoms with Crippen molar-refractivity contribution in [2.75, 3.05) is 10.2 Å². The molecule has 6 nitrogen and oxygen atoms in total. The van der Waals surface area contributed by atoms with Crippen LogP contribution >= 0.6 is 0 Å². The Bertz CT molecular complexity index is 1400. The maximum atomic E-state index is 13.0. The highest BCUT2D eigenvalue weighted by atomic mass is 16.5. The van der Waals surface area contributed by atoms with Crippen LogP contribution < -0.4 is 15.0 Å². The Labute approximate surface area is 196 Å². The van der Waals surface area contributed by atoms with Gasteiger partial charge in [-0.15, -0.1) is 0 Å². The lowest BCUT2D eigenvalue weighted by molar-refractivity contribution is 0.0925. The molecule has 1 heterocycles. The van der Waals surface area contributed by atoms with E-state index in [0.29, 0.717) is 17.1 Å². The Hall–Kier alpha value is -4.71. The summed E-state index contributed by atoms with van der Waals surface area (Å²) >= 11 is 0. The first-order valence-corrected chi connectivity index (χ1v) is 10.7.